The van der Waals surface area contributed by atoms with Crippen molar-refractivity contribution < 1.29 is 14.0 Å². The second-order valence-corrected chi connectivity index (χ2v) is 1.58. The van der Waals surface area contributed by atoms with Crippen LogP contribution in [0.3, 0.4) is 0 Å². The lowest BCUT2D eigenvalue weighted by atomic mass is 10.7. The van der Waals surface area contributed by atoms with Crippen LogP contribution in [0.15, 0.2) is 24.5 Å². The zero-order valence-corrected chi connectivity index (χ0v) is 6.24. The van der Waals surface area contributed by atoms with Crippen LogP contribution in [0.1, 0.15) is 6.92 Å². The molecule has 1 aromatic rings. The minimum atomic E-state index is 0.431. The van der Waals surface area contributed by atoms with Gasteiger partial charge in [0.1, 0.15) is 0 Å². The fourth-order valence-electron chi connectivity index (χ4n) is 0.382. The maximum atomic E-state index is 11.6. The molecule has 1 heterocycles. The van der Waals surface area contributed by atoms with Crippen molar-refractivity contribution in [1.29, 1.82) is 0 Å². The van der Waals surface area contributed by atoms with Gasteiger partial charge in [-0.1, -0.05) is 4.48 Å². The summed E-state index contributed by atoms with van der Waals surface area (Å²) in [4.78, 5) is 9.68. The molecule has 1 rings (SSSR count). The Morgan fingerprint density at radius 2 is 2.09 bits per heavy atom. The maximum Gasteiger partial charge on any atom is 0.293 e. The van der Waals surface area contributed by atoms with E-state index in [-0.39, 0.29) is 0 Å². The van der Waals surface area contributed by atoms with Crippen molar-refractivity contribution >= 4 is 6.47 Å². The lowest BCUT2D eigenvalue weighted by molar-refractivity contribution is -0.128. The Kier molecular flexibility index (Phi) is 5.98. The van der Waals surface area contributed by atoms with Crippen molar-refractivity contribution in [1.82, 2.24) is 4.79 Å². The largest absolute Gasteiger partial charge is 0.468 e. The zero-order chi connectivity index (χ0) is 8.53. The maximum absolute atomic E-state index is 11.6. The molecule has 11 heavy (non-hydrogen) atoms. The molecular formula is C7H10FNO2. The number of carbonyl (C=O) groups is 1. The molecule has 0 unspecified atom stereocenters. The minimum Gasteiger partial charge on any atom is -0.468 e. The van der Waals surface area contributed by atoms with Gasteiger partial charge in [0.15, 0.2) is 0 Å². The molecule has 0 aliphatic rings. The molecule has 0 aliphatic heterocycles. The molecule has 0 bridgehead atoms. The summed E-state index contributed by atoms with van der Waals surface area (Å²) in [7, 11) is 0. The number of rotatable bonds is 2. The highest BCUT2D eigenvalue weighted by Gasteiger charge is 1.72. The number of carbonyl (C=O) groups excluding carboxylic acids is 1. The smallest absolute Gasteiger partial charge is 0.293 e. The Bertz CT molecular complexity index is 175. The second kappa shape index (κ2) is 6.80. The van der Waals surface area contributed by atoms with Gasteiger partial charge in [0.2, 0.25) is 0 Å². The quantitative estimate of drug-likeness (QED) is 0.611. The number of ether oxygens (including phenoxy) is 1. The topological polar surface area (TPSA) is 31.2 Å². The lowest BCUT2D eigenvalue weighted by Crippen LogP contribution is -1.80. The minimum absolute atomic E-state index is 0.431. The Morgan fingerprint density at radius 3 is 2.18 bits per heavy atom. The van der Waals surface area contributed by atoms with E-state index in [9.17, 15) is 9.28 Å². The van der Waals surface area contributed by atoms with Gasteiger partial charge in [-0.2, -0.15) is 4.79 Å². The Balaban J connectivity index is 0.000000187. The van der Waals surface area contributed by atoms with Crippen LogP contribution in [0, 0.1) is 0 Å². The Morgan fingerprint density at radius 1 is 1.55 bits per heavy atom. The van der Waals surface area contributed by atoms with Crippen molar-refractivity contribution in [3.63, 3.8) is 0 Å². The van der Waals surface area contributed by atoms with Crippen LogP contribution < -0.4 is 0 Å². The molecular weight excluding hydrogens is 149 g/mol. The summed E-state index contributed by atoms with van der Waals surface area (Å²) < 4.78 is 15.7. The number of nitrogens with zero attached hydrogens (tertiary/aromatic N) is 1. The van der Waals surface area contributed by atoms with Crippen molar-refractivity contribution in [2.75, 3.05) is 6.61 Å². The van der Waals surface area contributed by atoms with Gasteiger partial charge >= 0.3 is 0 Å². The molecule has 0 aromatic carbocycles. The molecule has 0 saturated carbocycles. The molecule has 0 N–H and O–H groups in total. The van der Waals surface area contributed by atoms with Gasteiger partial charge in [-0.15, -0.1) is 0 Å². The third kappa shape index (κ3) is 6.57. The molecule has 0 saturated heterocycles. The van der Waals surface area contributed by atoms with Gasteiger partial charge < -0.3 is 4.74 Å². The summed E-state index contributed by atoms with van der Waals surface area (Å²) in [5, 5.41) is 0. The molecule has 3 nitrogen and oxygen atoms in total. The fourth-order valence-corrected chi connectivity index (χ4v) is 0.382. The standard InChI is InChI=1S/C4H4FN.C3H6O2/c5-6-3-1-2-4-6;1-2-5-3-4/h1-4H;3H,2H2,1H3. The van der Waals surface area contributed by atoms with Gasteiger partial charge in [0.05, 0.1) is 6.61 Å². The molecule has 4 heteroatoms. The van der Waals surface area contributed by atoms with E-state index in [0.717, 1.165) is 0 Å². The van der Waals surface area contributed by atoms with Crippen LogP contribution in [0.4, 0.5) is 4.48 Å². The first-order chi connectivity index (χ1) is 5.31. The first-order valence-electron chi connectivity index (χ1n) is 3.15. The van der Waals surface area contributed by atoms with Crippen LogP contribution in [0.2, 0.25) is 0 Å². The predicted molar refractivity (Wildman–Crippen MR) is 38.6 cm³/mol. The van der Waals surface area contributed by atoms with Gasteiger partial charge in [0, 0.05) is 12.4 Å². The van der Waals surface area contributed by atoms with Gasteiger partial charge in [-0.25, -0.2) is 0 Å². The number of hydrogen-bond acceptors (Lipinski definition) is 2. The highest BCUT2D eigenvalue weighted by Crippen LogP contribution is 1.84. The van der Waals surface area contributed by atoms with Crippen LogP contribution in [-0.4, -0.2) is 17.9 Å². The van der Waals surface area contributed by atoms with Crippen molar-refractivity contribution in [2.24, 2.45) is 0 Å². The number of halogens is 1. The summed E-state index contributed by atoms with van der Waals surface area (Å²) >= 11 is 0. The molecule has 0 amide bonds. The summed E-state index contributed by atoms with van der Waals surface area (Å²) in [6, 6.07) is 3.25. The lowest BCUT2D eigenvalue weighted by Gasteiger charge is -1.79. The first-order valence-corrected chi connectivity index (χ1v) is 3.15. The fraction of sp³-hybridized carbons (Fsp3) is 0.286. The SMILES string of the molecule is CCOC=O.Fn1cccc1. The summed E-state index contributed by atoms with van der Waals surface area (Å²) in [6.45, 7) is 2.66. The summed E-state index contributed by atoms with van der Waals surface area (Å²) in [5.74, 6) is 0. The van der Waals surface area contributed by atoms with E-state index in [2.05, 4.69) is 4.74 Å². The molecule has 0 fully saturated rings. The molecule has 0 atom stereocenters. The van der Waals surface area contributed by atoms with E-state index in [4.69, 9.17) is 0 Å². The van der Waals surface area contributed by atoms with Crippen LogP contribution >= 0.6 is 0 Å². The van der Waals surface area contributed by atoms with E-state index in [1.165, 1.54) is 12.4 Å². The Hall–Kier alpha value is -1.32. The number of hydrogen-bond donors (Lipinski definition) is 0. The average molecular weight is 159 g/mol. The average Bonchev–Trinajstić information content (AvgIpc) is 2.43. The normalized spacial score (nSPS) is 7.82. The summed E-state index contributed by atoms with van der Waals surface area (Å²) in [6.07, 6.45) is 2.67. The highest BCUT2D eigenvalue weighted by atomic mass is 19.2. The highest BCUT2D eigenvalue weighted by molar-refractivity contribution is 5.36. The van der Waals surface area contributed by atoms with Gasteiger partial charge in [0.25, 0.3) is 6.47 Å². The third-order valence-corrected chi connectivity index (χ3v) is 0.803. The van der Waals surface area contributed by atoms with Crippen molar-refractivity contribution in [3.05, 3.63) is 24.5 Å². The zero-order valence-electron chi connectivity index (χ0n) is 6.24. The van der Waals surface area contributed by atoms with E-state index in [1.807, 2.05) is 0 Å². The van der Waals surface area contributed by atoms with E-state index in [0.29, 0.717) is 17.9 Å². The van der Waals surface area contributed by atoms with Gasteiger partial charge in [-0.05, 0) is 19.1 Å². The van der Waals surface area contributed by atoms with Crippen molar-refractivity contribution in [3.8, 4) is 0 Å². The van der Waals surface area contributed by atoms with Crippen LogP contribution in [-0.2, 0) is 9.53 Å². The second-order valence-electron chi connectivity index (χ2n) is 1.58. The van der Waals surface area contributed by atoms with E-state index in [1.54, 1.807) is 19.1 Å². The molecule has 1 aromatic heterocycles. The molecule has 0 aliphatic carbocycles. The molecule has 0 radical (unpaired) electrons. The van der Waals surface area contributed by atoms with Crippen LogP contribution in [0.5, 0.6) is 0 Å². The Labute approximate surface area is 64.3 Å². The van der Waals surface area contributed by atoms with Crippen molar-refractivity contribution in [2.45, 2.75) is 6.92 Å². The van der Waals surface area contributed by atoms with Gasteiger partial charge in [-0.3, -0.25) is 4.79 Å². The number of aromatic nitrogens is 1. The van der Waals surface area contributed by atoms with E-state index < -0.39 is 0 Å². The van der Waals surface area contributed by atoms with Crippen LogP contribution in [0.25, 0.3) is 0 Å². The third-order valence-electron chi connectivity index (χ3n) is 0.803. The molecule has 62 valence electrons. The summed E-state index contributed by atoms with van der Waals surface area (Å²) in [5.41, 5.74) is 0. The molecule has 0 spiro atoms. The predicted octanol–water partition coefficient (Wildman–Crippen LogP) is 1.40. The first kappa shape index (κ1) is 9.68. The monoisotopic (exact) mass is 159 g/mol. The van der Waals surface area contributed by atoms with E-state index >= 15 is 0 Å².